The third-order valence-corrected chi connectivity index (χ3v) is 5.81. The van der Waals surface area contributed by atoms with Crippen LogP contribution in [-0.2, 0) is 4.79 Å². The standard InChI is InChI=1S/C22H14FNO4S2/c1-12-5-6-13(21(26)27)9-17(12)18-8-7-16(28-18)11-19-20(25)24(22(29)30-19)15-4-2-3-14(23)10-15/h2-11H,1H3,(H,26,27)/b19-11+. The summed E-state index contributed by atoms with van der Waals surface area (Å²) in [6.07, 6.45) is 1.57. The molecule has 0 bridgehead atoms. The maximum atomic E-state index is 13.5. The van der Waals surface area contributed by atoms with Gasteiger partial charge in [-0.05, 0) is 55.0 Å². The van der Waals surface area contributed by atoms with Crippen LogP contribution in [0.2, 0.25) is 0 Å². The Labute approximate surface area is 180 Å². The molecular formula is C22H14FNO4S2. The number of carboxylic acid groups (broad SMARTS) is 1. The van der Waals surface area contributed by atoms with Gasteiger partial charge < -0.3 is 9.52 Å². The summed E-state index contributed by atoms with van der Waals surface area (Å²) >= 11 is 6.39. The molecule has 4 rings (SSSR count). The maximum absolute atomic E-state index is 13.5. The van der Waals surface area contributed by atoms with Gasteiger partial charge in [-0.15, -0.1) is 0 Å². The summed E-state index contributed by atoms with van der Waals surface area (Å²) < 4.78 is 19.7. The SMILES string of the molecule is Cc1ccc(C(=O)O)cc1-c1ccc(/C=C2/SC(=S)N(c3cccc(F)c3)C2=O)o1. The van der Waals surface area contributed by atoms with Gasteiger partial charge in [-0.25, -0.2) is 9.18 Å². The van der Waals surface area contributed by atoms with Crippen LogP contribution in [0.5, 0.6) is 0 Å². The molecule has 1 fully saturated rings. The predicted molar refractivity (Wildman–Crippen MR) is 118 cm³/mol. The number of thioether (sulfide) groups is 1. The molecular weight excluding hydrogens is 425 g/mol. The average Bonchev–Trinajstić information content (AvgIpc) is 3.26. The first-order chi connectivity index (χ1) is 14.3. The second kappa shape index (κ2) is 7.89. The number of aryl methyl sites for hydroxylation is 1. The van der Waals surface area contributed by atoms with Gasteiger partial charge in [0, 0.05) is 11.6 Å². The Morgan fingerprint density at radius 1 is 1.20 bits per heavy atom. The van der Waals surface area contributed by atoms with E-state index in [2.05, 4.69) is 0 Å². The molecule has 0 aliphatic carbocycles. The van der Waals surface area contributed by atoms with Crippen LogP contribution in [0.15, 0.2) is 63.9 Å². The molecule has 2 heterocycles. The molecule has 1 N–H and O–H groups in total. The van der Waals surface area contributed by atoms with E-state index >= 15 is 0 Å². The third-order valence-electron chi connectivity index (χ3n) is 4.51. The van der Waals surface area contributed by atoms with Gasteiger partial charge in [0.15, 0.2) is 4.32 Å². The van der Waals surface area contributed by atoms with E-state index in [0.29, 0.717) is 32.0 Å². The molecule has 0 saturated carbocycles. The first-order valence-corrected chi connectivity index (χ1v) is 10.0. The van der Waals surface area contributed by atoms with Crippen LogP contribution < -0.4 is 4.90 Å². The van der Waals surface area contributed by atoms with Gasteiger partial charge >= 0.3 is 5.97 Å². The fourth-order valence-electron chi connectivity index (χ4n) is 3.03. The lowest BCUT2D eigenvalue weighted by Crippen LogP contribution is -2.27. The van der Waals surface area contributed by atoms with E-state index < -0.39 is 11.8 Å². The fraction of sp³-hybridized carbons (Fsp3) is 0.0455. The second-order valence-corrected chi connectivity index (χ2v) is 8.21. The highest BCUT2D eigenvalue weighted by Gasteiger charge is 2.33. The summed E-state index contributed by atoms with van der Waals surface area (Å²) in [4.78, 5) is 25.7. The van der Waals surface area contributed by atoms with Crippen LogP contribution in [-0.4, -0.2) is 21.3 Å². The Morgan fingerprint density at radius 3 is 2.73 bits per heavy atom. The third kappa shape index (κ3) is 3.79. The van der Waals surface area contributed by atoms with Crippen LogP contribution in [0.3, 0.4) is 0 Å². The molecule has 3 aromatic rings. The first kappa shape index (κ1) is 20.1. The van der Waals surface area contributed by atoms with E-state index in [1.165, 1.54) is 29.2 Å². The number of hydrogen-bond donors (Lipinski definition) is 1. The van der Waals surface area contributed by atoms with Crippen LogP contribution >= 0.6 is 24.0 Å². The normalized spacial score (nSPS) is 15.3. The molecule has 1 aliphatic heterocycles. The average molecular weight is 439 g/mol. The monoisotopic (exact) mass is 439 g/mol. The molecule has 8 heteroatoms. The lowest BCUT2D eigenvalue weighted by molar-refractivity contribution is -0.113. The summed E-state index contributed by atoms with van der Waals surface area (Å²) in [6, 6.07) is 13.9. The molecule has 30 heavy (non-hydrogen) atoms. The minimum absolute atomic E-state index is 0.157. The fourth-order valence-corrected chi connectivity index (χ4v) is 4.31. The molecule has 1 aliphatic rings. The van der Waals surface area contributed by atoms with Crippen LogP contribution in [0.25, 0.3) is 17.4 Å². The van der Waals surface area contributed by atoms with Crippen LogP contribution in [0.4, 0.5) is 10.1 Å². The van der Waals surface area contributed by atoms with Crippen molar-refractivity contribution in [1.82, 2.24) is 0 Å². The van der Waals surface area contributed by atoms with Gasteiger partial charge in [-0.2, -0.15) is 0 Å². The second-order valence-electron chi connectivity index (χ2n) is 6.53. The molecule has 0 spiro atoms. The van der Waals surface area contributed by atoms with Gasteiger partial charge in [0.2, 0.25) is 0 Å². The Balaban J connectivity index is 1.64. The van der Waals surface area contributed by atoms with Crippen molar-refractivity contribution in [3.8, 4) is 11.3 Å². The van der Waals surface area contributed by atoms with Crippen molar-refractivity contribution >= 4 is 51.9 Å². The number of amides is 1. The zero-order chi connectivity index (χ0) is 21.4. The van der Waals surface area contributed by atoms with Crippen LogP contribution in [0.1, 0.15) is 21.7 Å². The molecule has 2 aromatic carbocycles. The Bertz CT molecular complexity index is 1230. The van der Waals surface area contributed by atoms with E-state index in [1.54, 1.807) is 36.4 Å². The highest BCUT2D eigenvalue weighted by Crippen LogP contribution is 2.37. The number of thiocarbonyl (C=S) groups is 1. The number of rotatable bonds is 4. The lowest BCUT2D eigenvalue weighted by Gasteiger charge is -2.14. The minimum Gasteiger partial charge on any atom is -0.478 e. The number of anilines is 1. The molecule has 150 valence electrons. The highest BCUT2D eigenvalue weighted by atomic mass is 32.2. The van der Waals surface area contributed by atoms with Crippen molar-refractivity contribution in [2.75, 3.05) is 4.90 Å². The number of hydrogen-bond acceptors (Lipinski definition) is 5. The number of carbonyl (C=O) groups is 2. The minimum atomic E-state index is -1.02. The topological polar surface area (TPSA) is 70.8 Å². The van der Waals surface area contributed by atoms with Crippen molar-refractivity contribution in [2.24, 2.45) is 0 Å². The summed E-state index contributed by atoms with van der Waals surface area (Å²) in [5, 5.41) is 9.21. The van der Waals surface area contributed by atoms with Gasteiger partial charge in [0.05, 0.1) is 16.2 Å². The van der Waals surface area contributed by atoms with Crippen molar-refractivity contribution < 1.29 is 23.5 Å². The maximum Gasteiger partial charge on any atom is 0.335 e. The number of carboxylic acids is 1. The summed E-state index contributed by atoms with van der Waals surface area (Å²) in [5.41, 5.74) is 2.03. The molecule has 0 radical (unpaired) electrons. The molecule has 1 amide bonds. The Morgan fingerprint density at radius 2 is 2.00 bits per heavy atom. The number of benzene rings is 2. The highest BCUT2D eigenvalue weighted by molar-refractivity contribution is 8.27. The molecule has 1 saturated heterocycles. The van der Waals surface area contributed by atoms with Crippen molar-refractivity contribution in [3.05, 3.63) is 82.2 Å². The van der Waals surface area contributed by atoms with Gasteiger partial charge in [-0.1, -0.05) is 36.1 Å². The quantitative estimate of drug-likeness (QED) is 0.428. The number of aromatic carboxylic acids is 1. The van der Waals surface area contributed by atoms with E-state index in [4.69, 9.17) is 16.6 Å². The summed E-state index contributed by atoms with van der Waals surface area (Å²) in [7, 11) is 0. The molecule has 0 atom stereocenters. The summed E-state index contributed by atoms with van der Waals surface area (Å²) in [6.45, 7) is 1.85. The van der Waals surface area contributed by atoms with Crippen molar-refractivity contribution in [2.45, 2.75) is 6.92 Å². The van der Waals surface area contributed by atoms with E-state index in [-0.39, 0.29) is 11.5 Å². The van der Waals surface area contributed by atoms with Crippen molar-refractivity contribution in [1.29, 1.82) is 0 Å². The summed E-state index contributed by atoms with van der Waals surface area (Å²) in [5.74, 6) is -0.936. The zero-order valence-corrected chi connectivity index (χ0v) is 17.2. The first-order valence-electron chi connectivity index (χ1n) is 8.81. The van der Waals surface area contributed by atoms with Crippen LogP contribution in [0, 0.1) is 12.7 Å². The lowest BCUT2D eigenvalue weighted by atomic mass is 10.0. The van der Waals surface area contributed by atoms with E-state index in [0.717, 1.165) is 17.3 Å². The smallest absolute Gasteiger partial charge is 0.335 e. The molecule has 5 nitrogen and oxygen atoms in total. The molecule has 1 aromatic heterocycles. The number of furan rings is 1. The number of carbonyl (C=O) groups excluding carboxylic acids is 1. The largest absolute Gasteiger partial charge is 0.478 e. The zero-order valence-electron chi connectivity index (χ0n) is 15.6. The molecule has 0 unspecified atom stereocenters. The number of halogens is 1. The van der Waals surface area contributed by atoms with Crippen molar-refractivity contribution in [3.63, 3.8) is 0 Å². The van der Waals surface area contributed by atoms with Gasteiger partial charge in [-0.3, -0.25) is 9.69 Å². The van der Waals surface area contributed by atoms with E-state index in [1.807, 2.05) is 6.92 Å². The Kier molecular flexibility index (Phi) is 5.27. The van der Waals surface area contributed by atoms with Gasteiger partial charge in [0.25, 0.3) is 5.91 Å². The van der Waals surface area contributed by atoms with Gasteiger partial charge in [0.1, 0.15) is 17.3 Å². The van der Waals surface area contributed by atoms with E-state index in [9.17, 15) is 19.1 Å². The number of nitrogens with zero attached hydrogens (tertiary/aromatic N) is 1. The predicted octanol–water partition coefficient (Wildman–Crippen LogP) is 5.50. The Hall–Kier alpha value is -3.23.